The number of thioether (sulfide) groups is 2. The topological polar surface area (TPSA) is 216 Å². The van der Waals surface area contributed by atoms with Gasteiger partial charge in [0.2, 0.25) is 11.6 Å². The van der Waals surface area contributed by atoms with Gasteiger partial charge >= 0.3 is 11.1 Å². The Labute approximate surface area is 229 Å². The number of nitrogens with zero attached hydrogens (tertiary/aromatic N) is 5. The zero-order chi connectivity index (χ0) is 27.6. The Morgan fingerprint density at radius 2 is 2.11 bits per heavy atom. The van der Waals surface area contributed by atoms with E-state index in [1.165, 1.54) is 28.4 Å². The van der Waals surface area contributed by atoms with E-state index in [1.54, 1.807) is 22.9 Å². The van der Waals surface area contributed by atoms with Gasteiger partial charge in [-0.3, -0.25) is 14.5 Å². The number of fused-ring (bicyclic) bond motifs is 1. The Kier molecular flexibility index (Phi) is 8.27. The van der Waals surface area contributed by atoms with Gasteiger partial charge < -0.3 is 32.5 Å². The number of anilines is 3. The van der Waals surface area contributed by atoms with Gasteiger partial charge in [-0.2, -0.15) is 0 Å². The van der Waals surface area contributed by atoms with Gasteiger partial charge in [-0.15, -0.1) is 23.1 Å². The largest absolute Gasteiger partial charge is 0.477 e. The van der Waals surface area contributed by atoms with E-state index in [2.05, 4.69) is 20.4 Å². The zero-order valence-electron chi connectivity index (χ0n) is 20.4. The Morgan fingerprint density at radius 1 is 1.34 bits per heavy atom. The summed E-state index contributed by atoms with van der Waals surface area (Å²) in [6.45, 7) is 4.38. The molecule has 0 aromatic carbocycles. The molecule has 4 rings (SSSR count). The molecule has 2 atom stereocenters. The van der Waals surface area contributed by atoms with Gasteiger partial charge in [-0.1, -0.05) is 10.1 Å². The molecule has 2 aliphatic rings. The van der Waals surface area contributed by atoms with Crippen molar-refractivity contribution in [3.8, 4) is 0 Å². The highest BCUT2D eigenvalue weighted by molar-refractivity contribution is 8.01. The Morgan fingerprint density at radius 3 is 2.74 bits per heavy atom. The van der Waals surface area contributed by atoms with Crippen LogP contribution in [0.15, 0.2) is 33.0 Å². The number of nitrogen functional groups attached to an aromatic ring is 3. The van der Waals surface area contributed by atoms with E-state index < -0.39 is 29.2 Å². The minimum atomic E-state index is -1.23. The van der Waals surface area contributed by atoms with Crippen molar-refractivity contribution in [2.75, 3.05) is 35.3 Å². The van der Waals surface area contributed by atoms with E-state index in [-0.39, 0.29) is 40.4 Å². The summed E-state index contributed by atoms with van der Waals surface area (Å²) in [7, 11) is 0. The number of aromatic nitrogens is 3. The summed E-state index contributed by atoms with van der Waals surface area (Å²) in [6.07, 6.45) is 0. The number of amides is 2. The van der Waals surface area contributed by atoms with E-state index in [9.17, 15) is 19.5 Å². The van der Waals surface area contributed by atoms with E-state index in [4.69, 9.17) is 22.0 Å². The Balaban J connectivity index is 1.52. The molecule has 1 saturated heterocycles. The van der Waals surface area contributed by atoms with Crippen LogP contribution >= 0.6 is 34.9 Å². The van der Waals surface area contributed by atoms with Crippen molar-refractivity contribution >= 4 is 75.1 Å². The molecular formula is C21H26N9O5S3+. The third-order valence-electron chi connectivity index (χ3n) is 5.56. The van der Waals surface area contributed by atoms with Crippen molar-refractivity contribution in [2.24, 2.45) is 5.16 Å². The highest BCUT2D eigenvalue weighted by Gasteiger charge is 2.54. The number of carbonyl (C=O) groups excluding carboxylic acids is 2. The maximum absolute atomic E-state index is 13.1. The maximum atomic E-state index is 13.1. The van der Waals surface area contributed by atoms with Crippen molar-refractivity contribution in [1.82, 2.24) is 20.2 Å². The lowest BCUT2D eigenvalue weighted by molar-refractivity contribution is -0.719. The number of carbonyl (C=O) groups is 3. The number of β-lactam (4-membered cyclic amide) rings is 1. The SMILES string of the molecule is CCO/N=C(\C(=O)NC1C(=O)N2C(C(=O)O)=C(CSc3nc(N)cc(N)[n+]3CC)CS[C@H]12)c1csc(N)n1. The van der Waals surface area contributed by atoms with Crippen LogP contribution in [0.2, 0.25) is 0 Å². The van der Waals surface area contributed by atoms with Crippen LogP contribution in [0.1, 0.15) is 19.5 Å². The lowest BCUT2D eigenvalue weighted by Crippen LogP contribution is -2.71. The summed E-state index contributed by atoms with van der Waals surface area (Å²) in [5, 5.41) is 18.2. The van der Waals surface area contributed by atoms with Crippen molar-refractivity contribution in [3.63, 3.8) is 0 Å². The van der Waals surface area contributed by atoms with Crippen LogP contribution < -0.4 is 27.1 Å². The van der Waals surface area contributed by atoms with Gasteiger partial charge in [0.15, 0.2) is 10.8 Å². The van der Waals surface area contributed by atoms with Crippen LogP contribution in [0.25, 0.3) is 0 Å². The van der Waals surface area contributed by atoms with Crippen LogP contribution in [0, 0.1) is 0 Å². The van der Waals surface area contributed by atoms with Crippen LogP contribution in [0.5, 0.6) is 0 Å². The molecule has 1 fully saturated rings. The minimum Gasteiger partial charge on any atom is -0.477 e. The average Bonchev–Trinajstić information content (AvgIpc) is 3.30. The molecule has 2 aromatic rings. The fourth-order valence-corrected chi connectivity index (χ4v) is 6.98. The van der Waals surface area contributed by atoms with Crippen LogP contribution in [-0.2, 0) is 25.8 Å². The van der Waals surface area contributed by atoms with Crippen LogP contribution in [0.4, 0.5) is 16.8 Å². The molecule has 0 bridgehead atoms. The highest BCUT2D eigenvalue weighted by Crippen LogP contribution is 2.41. The molecule has 202 valence electrons. The summed E-state index contributed by atoms with van der Waals surface area (Å²) >= 11 is 3.76. The number of carboxylic acid groups (broad SMARTS) is 1. The molecular weight excluding hydrogens is 554 g/mol. The minimum absolute atomic E-state index is 0.104. The molecule has 0 spiro atoms. The average molecular weight is 581 g/mol. The first kappa shape index (κ1) is 27.5. The van der Waals surface area contributed by atoms with Crippen molar-refractivity contribution in [1.29, 1.82) is 0 Å². The number of oxime groups is 1. The third kappa shape index (κ3) is 5.34. The summed E-state index contributed by atoms with van der Waals surface area (Å²) in [4.78, 5) is 52.9. The number of aliphatic carboxylic acids is 1. The first-order valence-corrected chi connectivity index (χ1v) is 14.3. The van der Waals surface area contributed by atoms with Gasteiger partial charge in [0.05, 0.1) is 12.6 Å². The predicted octanol–water partition coefficient (Wildman–Crippen LogP) is -0.136. The number of hydrogen-bond donors (Lipinski definition) is 5. The van der Waals surface area contributed by atoms with Crippen molar-refractivity contribution < 1.29 is 28.9 Å². The molecule has 0 radical (unpaired) electrons. The van der Waals surface area contributed by atoms with Gasteiger partial charge in [0, 0.05) is 16.9 Å². The summed E-state index contributed by atoms with van der Waals surface area (Å²) in [6, 6.07) is 0.605. The summed E-state index contributed by atoms with van der Waals surface area (Å²) in [5.41, 5.74) is 18.1. The Bertz CT molecular complexity index is 1350. The number of thiazole rings is 1. The highest BCUT2D eigenvalue weighted by atomic mass is 32.2. The van der Waals surface area contributed by atoms with Gasteiger partial charge in [0.1, 0.15) is 29.4 Å². The molecule has 2 amide bonds. The van der Waals surface area contributed by atoms with E-state index >= 15 is 0 Å². The molecule has 1 unspecified atom stereocenters. The summed E-state index contributed by atoms with van der Waals surface area (Å²) < 4.78 is 1.76. The lowest BCUT2D eigenvalue weighted by Gasteiger charge is -2.49. The van der Waals surface area contributed by atoms with E-state index in [0.29, 0.717) is 28.8 Å². The molecule has 2 aromatic heterocycles. The molecule has 14 nitrogen and oxygen atoms in total. The molecule has 8 N–H and O–H groups in total. The van der Waals surface area contributed by atoms with Gasteiger partial charge in [0.25, 0.3) is 11.8 Å². The molecule has 4 heterocycles. The van der Waals surface area contributed by atoms with E-state index in [0.717, 1.165) is 11.3 Å². The predicted molar refractivity (Wildman–Crippen MR) is 144 cm³/mol. The van der Waals surface area contributed by atoms with Gasteiger partial charge in [-0.25, -0.2) is 14.3 Å². The monoisotopic (exact) mass is 580 g/mol. The van der Waals surface area contributed by atoms with Crippen molar-refractivity contribution in [2.45, 2.75) is 37.0 Å². The van der Waals surface area contributed by atoms with Crippen molar-refractivity contribution in [3.05, 3.63) is 28.4 Å². The smallest absolute Gasteiger partial charge is 0.352 e. The fourth-order valence-electron chi connectivity index (χ4n) is 3.86. The molecule has 17 heteroatoms. The standard InChI is InChI=1S/C21H25N9O5S3/c1-3-29-12(23)5-11(22)26-21(29)38-7-9-6-36-18-14(17(32)30(18)15(9)19(33)34)27-16(31)13(28-35-4-2)10-8-37-20(24)25-10/h5,8,14,18H,3-4,6-7H2,1-2H3,(H7,22,23,24,25,27,31,33,34)/p+1/b28-13-/t14?,18-/m1/s1. The third-order valence-corrected chi connectivity index (χ3v) is 8.63. The first-order chi connectivity index (χ1) is 18.2. The maximum Gasteiger partial charge on any atom is 0.352 e. The number of carboxylic acids is 1. The molecule has 38 heavy (non-hydrogen) atoms. The van der Waals surface area contributed by atoms with Crippen LogP contribution in [0.3, 0.4) is 0 Å². The second-order valence-electron chi connectivity index (χ2n) is 7.97. The molecule has 0 saturated carbocycles. The zero-order valence-corrected chi connectivity index (χ0v) is 22.9. The second-order valence-corrected chi connectivity index (χ2v) is 10.9. The number of nitrogens with two attached hydrogens (primary N) is 3. The van der Waals surface area contributed by atoms with Crippen LogP contribution in [-0.4, -0.2) is 73.0 Å². The quantitative estimate of drug-likeness (QED) is 0.0620. The number of hydrogen-bond acceptors (Lipinski definition) is 13. The molecule has 0 aliphatic carbocycles. The number of rotatable bonds is 10. The summed E-state index contributed by atoms with van der Waals surface area (Å²) in [5.74, 6) is -1.17. The normalized spacial score (nSPS) is 19.2. The first-order valence-electron chi connectivity index (χ1n) is 11.4. The second kappa shape index (κ2) is 11.4. The fraction of sp³-hybridized carbons (Fsp3) is 0.381. The lowest BCUT2D eigenvalue weighted by atomic mass is 10.0. The Hall–Kier alpha value is -3.57. The molecule has 2 aliphatic heterocycles. The number of nitrogens with one attached hydrogen (secondary N) is 1. The van der Waals surface area contributed by atoms with E-state index in [1.807, 2.05) is 6.92 Å². The van der Waals surface area contributed by atoms with Gasteiger partial charge in [-0.05, 0) is 31.2 Å².